The molecule has 2 aromatic rings. The maximum absolute atomic E-state index is 12.9. The monoisotopic (exact) mass is 460 g/mol. The van der Waals surface area contributed by atoms with Crippen LogP contribution in [0.15, 0.2) is 52.5 Å². The zero-order valence-corrected chi connectivity index (χ0v) is 16.8. The molecular weight excluding hydrogens is 448 g/mol. The lowest BCUT2D eigenvalue weighted by Crippen LogP contribution is -2.54. The topological polar surface area (TPSA) is 95.9 Å². The van der Waals surface area contributed by atoms with Crippen LogP contribution in [-0.4, -0.2) is 35.1 Å². The number of carboxylic acid groups (broad SMARTS) is 1. The normalized spacial score (nSPS) is 15.6. The van der Waals surface area contributed by atoms with Crippen LogP contribution in [0.2, 0.25) is 0 Å². The van der Waals surface area contributed by atoms with E-state index in [1.807, 2.05) is 0 Å². The number of hydrogen-bond acceptors (Lipinski definition) is 5. The molecule has 0 radical (unpaired) electrons. The second-order valence-corrected chi connectivity index (χ2v) is 6.94. The van der Waals surface area contributed by atoms with Gasteiger partial charge in [0.05, 0.1) is 22.8 Å². The van der Waals surface area contributed by atoms with Gasteiger partial charge in [-0.25, -0.2) is 4.79 Å². The van der Waals surface area contributed by atoms with Gasteiger partial charge in [-0.3, -0.25) is 19.8 Å². The Morgan fingerprint density at radius 2 is 1.89 bits per heavy atom. The molecule has 1 aliphatic rings. The van der Waals surface area contributed by atoms with Gasteiger partial charge in [0.1, 0.15) is 11.3 Å². The van der Waals surface area contributed by atoms with E-state index in [9.17, 15) is 14.4 Å². The molecule has 1 fully saturated rings. The summed E-state index contributed by atoms with van der Waals surface area (Å²) in [6.07, 6.45) is 1.45. The number of amides is 2. The smallest absolute Gasteiger partial charge is 0.335 e. The fourth-order valence-electron chi connectivity index (χ4n) is 2.58. The number of thiocarbonyl (C=S) groups is 1. The maximum atomic E-state index is 12.9. The van der Waals surface area contributed by atoms with Crippen LogP contribution in [-0.2, 0) is 9.59 Å². The zero-order chi connectivity index (χ0) is 20.4. The summed E-state index contributed by atoms with van der Waals surface area (Å²) in [4.78, 5) is 37.4. The fourth-order valence-corrected chi connectivity index (χ4v) is 3.42. The van der Waals surface area contributed by atoms with Crippen LogP contribution in [0.1, 0.15) is 15.9 Å². The van der Waals surface area contributed by atoms with Gasteiger partial charge in [-0.05, 0) is 76.2 Å². The van der Waals surface area contributed by atoms with Gasteiger partial charge >= 0.3 is 5.97 Å². The summed E-state index contributed by atoms with van der Waals surface area (Å²) in [5.74, 6) is -1.69. The number of carbonyl (C=O) groups is 3. The number of rotatable bonds is 4. The number of benzene rings is 2. The van der Waals surface area contributed by atoms with E-state index in [1.54, 1.807) is 18.2 Å². The summed E-state index contributed by atoms with van der Waals surface area (Å²) < 4.78 is 5.84. The van der Waals surface area contributed by atoms with E-state index in [-0.39, 0.29) is 16.2 Å². The van der Waals surface area contributed by atoms with Crippen molar-refractivity contribution in [3.05, 3.63) is 63.6 Å². The Labute approximate surface area is 173 Å². The molecule has 0 aliphatic carbocycles. The molecule has 0 unspecified atom stereocenters. The fraction of sp³-hybridized carbons (Fsp3) is 0.0526. The average Bonchev–Trinajstić information content (AvgIpc) is 2.65. The van der Waals surface area contributed by atoms with Crippen LogP contribution < -0.4 is 15.0 Å². The first kappa shape index (κ1) is 19.7. The van der Waals surface area contributed by atoms with Crippen LogP contribution in [0.25, 0.3) is 6.08 Å². The Hall–Kier alpha value is -3.04. The van der Waals surface area contributed by atoms with Crippen molar-refractivity contribution < 1.29 is 24.2 Å². The minimum absolute atomic E-state index is 0.0713. The molecule has 0 atom stereocenters. The second-order valence-electron chi connectivity index (χ2n) is 5.70. The van der Waals surface area contributed by atoms with E-state index in [2.05, 4.69) is 21.2 Å². The number of aromatic carboxylic acids is 1. The van der Waals surface area contributed by atoms with Gasteiger partial charge in [0, 0.05) is 0 Å². The van der Waals surface area contributed by atoms with Crippen LogP contribution in [0.3, 0.4) is 0 Å². The molecule has 2 aromatic carbocycles. The first-order chi connectivity index (χ1) is 13.3. The van der Waals surface area contributed by atoms with Gasteiger partial charge in [-0.2, -0.15) is 0 Å². The molecule has 0 spiro atoms. The number of hydrogen-bond donors (Lipinski definition) is 2. The Morgan fingerprint density at radius 1 is 1.21 bits per heavy atom. The number of halogens is 1. The summed E-state index contributed by atoms with van der Waals surface area (Å²) in [7, 11) is 1.53. The lowest BCUT2D eigenvalue weighted by molar-refractivity contribution is -0.122. The van der Waals surface area contributed by atoms with Gasteiger partial charge in [0.2, 0.25) is 0 Å². The standard InChI is InChI=1S/C19H13BrN2O5S/c1-27-15-7-2-10(9-14(15)20)8-13-16(23)21-19(28)22(17(13)24)12-5-3-11(4-6-12)18(25)26/h2-9H,1H3,(H,25,26)(H,21,23,28)/b13-8+. The molecule has 0 aromatic heterocycles. The van der Waals surface area contributed by atoms with Crippen molar-refractivity contribution in [1.82, 2.24) is 5.32 Å². The Kier molecular flexibility index (Phi) is 5.57. The van der Waals surface area contributed by atoms with Crippen LogP contribution in [0, 0.1) is 0 Å². The van der Waals surface area contributed by atoms with Gasteiger partial charge in [0.25, 0.3) is 11.8 Å². The van der Waals surface area contributed by atoms with Gasteiger partial charge in [-0.1, -0.05) is 6.07 Å². The predicted molar refractivity (Wildman–Crippen MR) is 110 cm³/mol. The van der Waals surface area contributed by atoms with Crippen molar-refractivity contribution in [1.29, 1.82) is 0 Å². The molecule has 3 rings (SSSR count). The molecule has 28 heavy (non-hydrogen) atoms. The van der Waals surface area contributed by atoms with Gasteiger partial charge < -0.3 is 9.84 Å². The van der Waals surface area contributed by atoms with Gasteiger partial charge in [0.15, 0.2) is 5.11 Å². The third-order valence-corrected chi connectivity index (χ3v) is 4.87. The Bertz CT molecular complexity index is 1030. The number of anilines is 1. The first-order valence-electron chi connectivity index (χ1n) is 7.90. The van der Waals surface area contributed by atoms with Crippen molar-refractivity contribution in [3.8, 4) is 5.75 Å². The number of ether oxygens (including phenoxy) is 1. The van der Waals surface area contributed by atoms with E-state index >= 15 is 0 Å². The molecule has 1 saturated heterocycles. The quantitative estimate of drug-likeness (QED) is 0.413. The van der Waals surface area contributed by atoms with E-state index < -0.39 is 17.8 Å². The Morgan fingerprint density at radius 3 is 2.46 bits per heavy atom. The number of nitrogens with zero attached hydrogens (tertiary/aromatic N) is 1. The molecule has 9 heteroatoms. The molecule has 142 valence electrons. The number of nitrogens with one attached hydrogen (secondary N) is 1. The minimum atomic E-state index is -1.09. The lowest BCUT2D eigenvalue weighted by Gasteiger charge is -2.29. The highest BCUT2D eigenvalue weighted by atomic mass is 79.9. The minimum Gasteiger partial charge on any atom is -0.496 e. The van der Waals surface area contributed by atoms with Crippen molar-refractivity contribution >= 4 is 62.8 Å². The molecule has 0 saturated carbocycles. The average molecular weight is 461 g/mol. The van der Waals surface area contributed by atoms with Gasteiger partial charge in [-0.15, -0.1) is 0 Å². The van der Waals surface area contributed by atoms with Crippen molar-refractivity contribution in [3.63, 3.8) is 0 Å². The summed E-state index contributed by atoms with van der Waals surface area (Å²) in [6, 6.07) is 10.7. The number of carboxylic acids is 1. The largest absolute Gasteiger partial charge is 0.496 e. The molecule has 2 N–H and O–H groups in total. The summed E-state index contributed by atoms with van der Waals surface area (Å²) in [6.45, 7) is 0. The maximum Gasteiger partial charge on any atom is 0.335 e. The highest BCUT2D eigenvalue weighted by Gasteiger charge is 2.34. The van der Waals surface area contributed by atoms with Crippen molar-refractivity contribution in [2.45, 2.75) is 0 Å². The number of methoxy groups -OCH3 is 1. The van der Waals surface area contributed by atoms with Crippen molar-refractivity contribution in [2.24, 2.45) is 0 Å². The molecule has 1 heterocycles. The van der Waals surface area contributed by atoms with Crippen molar-refractivity contribution in [2.75, 3.05) is 12.0 Å². The van der Waals surface area contributed by atoms with E-state index in [0.717, 1.165) is 4.90 Å². The summed E-state index contributed by atoms with van der Waals surface area (Å²) in [5, 5.41) is 11.4. The third-order valence-electron chi connectivity index (χ3n) is 3.96. The highest BCUT2D eigenvalue weighted by molar-refractivity contribution is 9.10. The molecular formula is C19H13BrN2O5S. The molecule has 0 bridgehead atoms. The second kappa shape index (κ2) is 7.91. The molecule has 2 amide bonds. The Balaban J connectivity index is 1.98. The van der Waals surface area contributed by atoms with E-state index in [1.165, 1.54) is 37.5 Å². The number of carbonyl (C=O) groups excluding carboxylic acids is 2. The third kappa shape index (κ3) is 3.80. The molecule has 1 aliphatic heterocycles. The highest BCUT2D eigenvalue weighted by Crippen LogP contribution is 2.28. The van der Waals surface area contributed by atoms with Crippen LogP contribution >= 0.6 is 28.1 Å². The summed E-state index contributed by atoms with van der Waals surface area (Å²) in [5.41, 5.74) is 0.928. The van der Waals surface area contributed by atoms with Crippen LogP contribution in [0.4, 0.5) is 5.69 Å². The summed E-state index contributed by atoms with van der Waals surface area (Å²) >= 11 is 8.48. The SMILES string of the molecule is COc1ccc(/C=C2\C(=O)NC(=S)N(c3ccc(C(=O)O)cc3)C2=O)cc1Br. The zero-order valence-electron chi connectivity index (χ0n) is 14.4. The van der Waals surface area contributed by atoms with E-state index in [4.69, 9.17) is 22.1 Å². The van der Waals surface area contributed by atoms with Crippen LogP contribution in [0.5, 0.6) is 5.75 Å². The molecule has 7 nitrogen and oxygen atoms in total. The predicted octanol–water partition coefficient (Wildman–Crippen LogP) is 2.99. The first-order valence-corrected chi connectivity index (χ1v) is 9.10. The lowest BCUT2D eigenvalue weighted by atomic mass is 10.1. The van der Waals surface area contributed by atoms with E-state index in [0.29, 0.717) is 21.5 Å².